The molecule has 0 saturated heterocycles. The summed E-state index contributed by atoms with van der Waals surface area (Å²) in [6.45, 7) is 3.76. The van der Waals surface area contributed by atoms with E-state index in [9.17, 15) is 4.79 Å². The van der Waals surface area contributed by atoms with Crippen LogP contribution in [-0.2, 0) is 0 Å². The molecule has 0 saturated carbocycles. The van der Waals surface area contributed by atoms with Gasteiger partial charge in [0.1, 0.15) is 0 Å². The van der Waals surface area contributed by atoms with E-state index in [0.717, 1.165) is 11.4 Å². The average molecular weight is 190 g/mol. The first kappa shape index (κ1) is 8.68. The number of aromatic amines is 1. The number of hydrogen-bond acceptors (Lipinski definition) is 3. The fraction of sp³-hybridized carbons (Fsp3) is 0.222. The Morgan fingerprint density at radius 2 is 2.21 bits per heavy atom. The molecule has 0 amide bonds. The molecule has 5 heteroatoms. The first-order valence-corrected chi connectivity index (χ1v) is 4.26. The van der Waals surface area contributed by atoms with Gasteiger partial charge >= 0.3 is 0 Å². The van der Waals surface area contributed by atoms with Gasteiger partial charge in [-0.15, -0.1) is 0 Å². The summed E-state index contributed by atoms with van der Waals surface area (Å²) < 4.78 is 1.54. The zero-order valence-electron chi connectivity index (χ0n) is 7.98. The summed E-state index contributed by atoms with van der Waals surface area (Å²) in [4.78, 5) is 17.9. The van der Waals surface area contributed by atoms with Crippen LogP contribution in [0.2, 0.25) is 0 Å². The molecule has 0 radical (unpaired) electrons. The Morgan fingerprint density at radius 3 is 2.79 bits per heavy atom. The van der Waals surface area contributed by atoms with Crippen LogP contribution in [0.5, 0.6) is 0 Å². The minimum absolute atomic E-state index is 0.237. The fourth-order valence-corrected chi connectivity index (χ4v) is 1.34. The van der Waals surface area contributed by atoms with Crippen molar-refractivity contribution >= 4 is 0 Å². The normalized spacial score (nSPS) is 10.4. The minimum Gasteiger partial charge on any atom is -0.324 e. The molecule has 72 valence electrons. The van der Waals surface area contributed by atoms with Gasteiger partial charge < -0.3 is 4.98 Å². The Balaban J connectivity index is 2.66. The van der Waals surface area contributed by atoms with Crippen molar-refractivity contribution in [1.82, 2.24) is 19.7 Å². The summed E-state index contributed by atoms with van der Waals surface area (Å²) >= 11 is 0. The summed E-state index contributed by atoms with van der Waals surface area (Å²) in [6, 6.07) is 1.90. The van der Waals surface area contributed by atoms with Gasteiger partial charge in [0, 0.05) is 18.1 Å². The van der Waals surface area contributed by atoms with Crippen molar-refractivity contribution in [3.8, 4) is 5.82 Å². The molecule has 14 heavy (non-hydrogen) atoms. The highest BCUT2D eigenvalue weighted by atomic mass is 16.1. The molecule has 1 N–H and O–H groups in total. The van der Waals surface area contributed by atoms with Crippen LogP contribution in [0.25, 0.3) is 5.82 Å². The predicted octanol–water partition coefficient (Wildman–Crippen LogP) is 0.572. The van der Waals surface area contributed by atoms with Crippen molar-refractivity contribution < 1.29 is 0 Å². The van der Waals surface area contributed by atoms with Crippen LogP contribution in [0, 0.1) is 13.8 Å². The first-order chi connectivity index (χ1) is 6.68. The van der Waals surface area contributed by atoms with Crippen molar-refractivity contribution in [1.29, 1.82) is 0 Å². The van der Waals surface area contributed by atoms with E-state index in [-0.39, 0.29) is 5.56 Å². The Morgan fingerprint density at radius 1 is 1.43 bits per heavy atom. The van der Waals surface area contributed by atoms with E-state index >= 15 is 0 Å². The van der Waals surface area contributed by atoms with Crippen LogP contribution in [0.15, 0.2) is 23.3 Å². The summed E-state index contributed by atoms with van der Waals surface area (Å²) in [5.41, 5.74) is 1.53. The van der Waals surface area contributed by atoms with E-state index in [1.807, 2.05) is 19.9 Å². The summed E-state index contributed by atoms with van der Waals surface area (Å²) in [7, 11) is 0. The highest BCUT2D eigenvalue weighted by molar-refractivity contribution is 5.22. The highest BCUT2D eigenvalue weighted by Crippen LogP contribution is 2.04. The maximum Gasteiger partial charge on any atom is 0.293 e. The molecule has 5 nitrogen and oxygen atoms in total. The summed E-state index contributed by atoms with van der Waals surface area (Å²) in [5.74, 6) is 0.304. The smallest absolute Gasteiger partial charge is 0.293 e. The quantitative estimate of drug-likeness (QED) is 0.715. The zero-order chi connectivity index (χ0) is 10.1. The highest BCUT2D eigenvalue weighted by Gasteiger charge is 2.07. The molecule has 0 fully saturated rings. The van der Waals surface area contributed by atoms with Crippen LogP contribution in [0.1, 0.15) is 11.4 Å². The molecule has 0 aliphatic rings. The first-order valence-electron chi connectivity index (χ1n) is 4.26. The van der Waals surface area contributed by atoms with Crippen molar-refractivity contribution in [2.45, 2.75) is 13.8 Å². The second-order valence-corrected chi connectivity index (χ2v) is 3.08. The molecule has 2 aromatic heterocycles. The summed E-state index contributed by atoms with van der Waals surface area (Å²) in [5, 5.41) is 4.18. The van der Waals surface area contributed by atoms with Crippen molar-refractivity contribution in [2.24, 2.45) is 0 Å². The Labute approximate surface area is 80.4 Å². The zero-order valence-corrected chi connectivity index (χ0v) is 7.98. The third kappa shape index (κ3) is 1.32. The monoisotopic (exact) mass is 190 g/mol. The Hall–Kier alpha value is -1.91. The molecule has 0 atom stereocenters. The van der Waals surface area contributed by atoms with E-state index in [0.29, 0.717) is 5.82 Å². The molecule has 0 aliphatic heterocycles. The van der Waals surface area contributed by atoms with Gasteiger partial charge in [0.05, 0.1) is 5.69 Å². The number of aryl methyl sites for hydroxylation is 2. The van der Waals surface area contributed by atoms with E-state index in [4.69, 9.17) is 0 Å². The number of rotatable bonds is 1. The second-order valence-electron chi connectivity index (χ2n) is 3.08. The Bertz CT molecular complexity index is 512. The molecular weight excluding hydrogens is 180 g/mol. The summed E-state index contributed by atoms with van der Waals surface area (Å²) in [6.07, 6.45) is 3.03. The van der Waals surface area contributed by atoms with Gasteiger partial charge in [-0.1, -0.05) is 0 Å². The van der Waals surface area contributed by atoms with Gasteiger partial charge in [0.25, 0.3) is 5.56 Å². The molecule has 2 aromatic rings. The average Bonchev–Trinajstić information content (AvgIpc) is 2.46. The van der Waals surface area contributed by atoms with Gasteiger partial charge in [0.15, 0.2) is 0 Å². The number of nitrogens with one attached hydrogen (secondary N) is 1. The minimum atomic E-state index is -0.237. The lowest BCUT2D eigenvalue weighted by atomic mass is 10.4. The van der Waals surface area contributed by atoms with Gasteiger partial charge in [0.2, 0.25) is 5.82 Å². The van der Waals surface area contributed by atoms with E-state index in [1.165, 1.54) is 17.1 Å². The van der Waals surface area contributed by atoms with Crippen LogP contribution in [-0.4, -0.2) is 19.7 Å². The number of nitrogens with zero attached hydrogens (tertiary/aromatic N) is 3. The third-order valence-electron chi connectivity index (χ3n) is 1.90. The molecule has 2 rings (SSSR count). The lowest BCUT2D eigenvalue weighted by molar-refractivity contribution is 0.788. The lowest BCUT2D eigenvalue weighted by Gasteiger charge is -1.99. The second kappa shape index (κ2) is 3.10. The fourth-order valence-electron chi connectivity index (χ4n) is 1.34. The Kier molecular flexibility index (Phi) is 1.92. The van der Waals surface area contributed by atoms with E-state index in [2.05, 4.69) is 15.1 Å². The van der Waals surface area contributed by atoms with Crippen LogP contribution in [0.3, 0.4) is 0 Å². The maximum atomic E-state index is 11.4. The molecule has 0 bridgehead atoms. The number of hydrogen-bond donors (Lipinski definition) is 1. The molecular formula is C9H10N4O. The van der Waals surface area contributed by atoms with Gasteiger partial charge in [-0.2, -0.15) is 5.10 Å². The van der Waals surface area contributed by atoms with Crippen molar-refractivity contribution in [2.75, 3.05) is 0 Å². The number of H-pyrrole nitrogens is 1. The van der Waals surface area contributed by atoms with Crippen LogP contribution in [0.4, 0.5) is 0 Å². The number of aromatic nitrogens is 4. The SMILES string of the molecule is Cc1cc(C)n(-c2ncc[nH]c2=O)n1. The van der Waals surface area contributed by atoms with Gasteiger partial charge in [-0.25, -0.2) is 9.67 Å². The lowest BCUT2D eigenvalue weighted by Crippen LogP contribution is -2.17. The molecule has 0 unspecified atom stereocenters. The molecule has 0 aromatic carbocycles. The largest absolute Gasteiger partial charge is 0.324 e. The topological polar surface area (TPSA) is 63.6 Å². The third-order valence-corrected chi connectivity index (χ3v) is 1.90. The van der Waals surface area contributed by atoms with Gasteiger partial charge in [-0.3, -0.25) is 4.79 Å². The molecule has 0 aliphatic carbocycles. The van der Waals surface area contributed by atoms with E-state index < -0.39 is 0 Å². The van der Waals surface area contributed by atoms with Crippen LogP contribution < -0.4 is 5.56 Å². The van der Waals surface area contributed by atoms with Crippen molar-refractivity contribution in [3.63, 3.8) is 0 Å². The predicted molar refractivity (Wildman–Crippen MR) is 51.5 cm³/mol. The molecule has 0 spiro atoms. The van der Waals surface area contributed by atoms with Gasteiger partial charge in [-0.05, 0) is 19.9 Å². The van der Waals surface area contributed by atoms with Crippen molar-refractivity contribution in [3.05, 3.63) is 40.2 Å². The van der Waals surface area contributed by atoms with E-state index in [1.54, 1.807) is 0 Å². The molecule has 2 heterocycles. The standard InChI is InChI=1S/C9H10N4O/c1-6-5-7(2)13(12-6)8-9(14)11-4-3-10-8/h3-5H,1-2H3,(H,11,14). The van der Waals surface area contributed by atoms with Crippen LogP contribution >= 0.6 is 0 Å². The maximum absolute atomic E-state index is 11.4.